The summed E-state index contributed by atoms with van der Waals surface area (Å²) in [6.45, 7) is 0.875. The summed E-state index contributed by atoms with van der Waals surface area (Å²) in [5.41, 5.74) is 3.05. The molecule has 3 aromatic rings. The minimum atomic E-state index is 0.242. The average Bonchev–Trinajstić information content (AvgIpc) is 3.21. The molecular formula is C25H24N2O. The van der Waals surface area contributed by atoms with Gasteiger partial charge in [-0.15, -0.1) is 0 Å². The second-order valence-electron chi connectivity index (χ2n) is 7.59. The quantitative estimate of drug-likeness (QED) is 0.644. The van der Waals surface area contributed by atoms with Gasteiger partial charge >= 0.3 is 0 Å². The van der Waals surface area contributed by atoms with Gasteiger partial charge in [0.1, 0.15) is 0 Å². The van der Waals surface area contributed by atoms with E-state index in [0.29, 0.717) is 18.0 Å². The predicted molar refractivity (Wildman–Crippen MR) is 112 cm³/mol. The average molecular weight is 368 g/mol. The molecule has 1 atom stereocenters. The predicted octanol–water partition coefficient (Wildman–Crippen LogP) is 4.88. The highest BCUT2D eigenvalue weighted by molar-refractivity contribution is 5.84. The van der Waals surface area contributed by atoms with Crippen molar-refractivity contribution in [3.05, 3.63) is 83.4 Å². The van der Waals surface area contributed by atoms with E-state index in [9.17, 15) is 4.79 Å². The summed E-state index contributed by atoms with van der Waals surface area (Å²) in [4.78, 5) is 14.9. The molecule has 0 bridgehead atoms. The lowest BCUT2D eigenvalue weighted by molar-refractivity contribution is -0.131. The Kier molecular flexibility index (Phi) is 5.39. The molecule has 1 fully saturated rings. The van der Waals surface area contributed by atoms with E-state index in [4.69, 9.17) is 5.26 Å². The van der Waals surface area contributed by atoms with Crippen molar-refractivity contribution in [1.82, 2.24) is 4.90 Å². The number of nitrogens with zero attached hydrogens (tertiary/aromatic N) is 2. The highest BCUT2D eigenvalue weighted by atomic mass is 16.2. The minimum absolute atomic E-state index is 0.242. The van der Waals surface area contributed by atoms with E-state index in [0.717, 1.165) is 48.6 Å². The molecule has 28 heavy (non-hydrogen) atoms. The Morgan fingerprint density at radius 2 is 1.82 bits per heavy atom. The van der Waals surface area contributed by atoms with E-state index < -0.39 is 0 Å². The number of carbonyl (C=O) groups excluding carboxylic acids is 1. The SMILES string of the molecule is N#Cc1ccc2ccc(CC[C@H]3CCCN3C(=O)Cc3ccccc3)cc2c1. The number of amides is 1. The van der Waals surface area contributed by atoms with E-state index in [1.54, 1.807) is 0 Å². The van der Waals surface area contributed by atoms with Crippen molar-refractivity contribution in [2.75, 3.05) is 6.54 Å². The van der Waals surface area contributed by atoms with Crippen molar-refractivity contribution in [3.63, 3.8) is 0 Å². The van der Waals surface area contributed by atoms with Gasteiger partial charge < -0.3 is 4.90 Å². The van der Waals surface area contributed by atoms with Crippen LogP contribution < -0.4 is 0 Å². The lowest BCUT2D eigenvalue weighted by atomic mass is 9.99. The van der Waals surface area contributed by atoms with E-state index >= 15 is 0 Å². The molecule has 1 aliphatic heterocycles. The number of hydrogen-bond acceptors (Lipinski definition) is 2. The highest BCUT2D eigenvalue weighted by Crippen LogP contribution is 2.24. The number of carbonyl (C=O) groups is 1. The van der Waals surface area contributed by atoms with Crippen LogP contribution >= 0.6 is 0 Å². The highest BCUT2D eigenvalue weighted by Gasteiger charge is 2.28. The molecule has 0 N–H and O–H groups in total. The largest absolute Gasteiger partial charge is 0.339 e. The number of aryl methyl sites for hydroxylation is 1. The Bertz CT molecular complexity index is 1020. The number of likely N-dealkylation sites (tertiary alicyclic amines) is 1. The van der Waals surface area contributed by atoms with Gasteiger partial charge in [0.15, 0.2) is 0 Å². The van der Waals surface area contributed by atoms with E-state index in [1.807, 2.05) is 48.5 Å². The first-order valence-electron chi connectivity index (χ1n) is 9.99. The van der Waals surface area contributed by atoms with Crippen LogP contribution in [0.15, 0.2) is 66.7 Å². The first-order chi connectivity index (χ1) is 13.7. The molecule has 0 aromatic heterocycles. The summed E-state index contributed by atoms with van der Waals surface area (Å²) in [6, 6.07) is 24.8. The van der Waals surface area contributed by atoms with Crippen molar-refractivity contribution in [2.45, 2.75) is 38.1 Å². The van der Waals surface area contributed by atoms with E-state index in [2.05, 4.69) is 29.2 Å². The molecule has 1 saturated heterocycles. The van der Waals surface area contributed by atoms with Crippen LogP contribution in [0.4, 0.5) is 0 Å². The lowest BCUT2D eigenvalue weighted by Gasteiger charge is -2.25. The molecule has 0 spiro atoms. The summed E-state index contributed by atoms with van der Waals surface area (Å²) in [5, 5.41) is 11.4. The third-order valence-corrected chi connectivity index (χ3v) is 5.70. The fourth-order valence-corrected chi connectivity index (χ4v) is 4.19. The molecule has 3 heteroatoms. The number of fused-ring (bicyclic) bond motifs is 1. The third kappa shape index (κ3) is 4.07. The van der Waals surface area contributed by atoms with Gasteiger partial charge in [-0.05, 0) is 59.7 Å². The molecule has 0 radical (unpaired) electrons. The molecule has 4 rings (SSSR count). The Morgan fingerprint density at radius 3 is 2.64 bits per heavy atom. The third-order valence-electron chi connectivity index (χ3n) is 5.70. The Morgan fingerprint density at radius 1 is 1.00 bits per heavy atom. The van der Waals surface area contributed by atoms with Gasteiger partial charge in [0.2, 0.25) is 5.91 Å². The first-order valence-corrected chi connectivity index (χ1v) is 9.99. The molecule has 0 aliphatic carbocycles. The van der Waals surface area contributed by atoms with Crippen LogP contribution in [0.3, 0.4) is 0 Å². The summed E-state index contributed by atoms with van der Waals surface area (Å²) in [7, 11) is 0. The number of benzene rings is 3. The summed E-state index contributed by atoms with van der Waals surface area (Å²) in [5.74, 6) is 0.242. The van der Waals surface area contributed by atoms with Crippen molar-refractivity contribution < 1.29 is 4.79 Å². The van der Waals surface area contributed by atoms with Crippen LogP contribution in [0.2, 0.25) is 0 Å². The molecule has 1 amide bonds. The van der Waals surface area contributed by atoms with Crippen LogP contribution in [-0.2, 0) is 17.6 Å². The zero-order valence-corrected chi connectivity index (χ0v) is 16.0. The molecule has 3 aromatic carbocycles. The maximum absolute atomic E-state index is 12.8. The van der Waals surface area contributed by atoms with Crippen LogP contribution in [0.25, 0.3) is 10.8 Å². The topological polar surface area (TPSA) is 44.1 Å². The summed E-state index contributed by atoms with van der Waals surface area (Å²) in [6.07, 6.45) is 4.61. The Balaban J connectivity index is 1.41. The fourth-order valence-electron chi connectivity index (χ4n) is 4.19. The molecule has 3 nitrogen and oxygen atoms in total. The van der Waals surface area contributed by atoms with Crippen molar-refractivity contribution in [3.8, 4) is 6.07 Å². The van der Waals surface area contributed by atoms with Crippen molar-refractivity contribution >= 4 is 16.7 Å². The maximum Gasteiger partial charge on any atom is 0.227 e. The maximum atomic E-state index is 12.8. The molecular weight excluding hydrogens is 344 g/mol. The minimum Gasteiger partial charge on any atom is -0.339 e. The number of rotatable bonds is 5. The van der Waals surface area contributed by atoms with Crippen LogP contribution in [-0.4, -0.2) is 23.4 Å². The second-order valence-corrected chi connectivity index (χ2v) is 7.59. The monoisotopic (exact) mass is 368 g/mol. The van der Waals surface area contributed by atoms with Crippen LogP contribution in [0, 0.1) is 11.3 Å². The van der Waals surface area contributed by atoms with Gasteiger partial charge in [0, 0.05) is 12.6 Å². The smallest absolute Gasteiger partial charge is 0.227 e. The summed E-state index contributed by atoms with van der Waals surface area (Å²) < 4.78 is 0. The van der Waals surface area contributed by atoms with Gasteiger partial charge in [0.05, 0.1) is 18.1 Å². The second kappa shape index (κ2) is 8.27. The molecule has 1 heterocycles. The number of hydrogen-bond donors (Lipinski definition) is 0. The van der Waals surface area contributed by atoms with Crippen molar-refractivity contribution in [2.24, 2.45) is 0 Å². The molecule has 1 aliphatic rings. The van der Waals surface area contributed by atoms with Gasteiger partial charge in [-0.2, -0.15) is 5.26 Å². The molecule has 140 valence electrons. The van der Waals surface area contributed by atoms with Gasteiger partial charge in [-0.3, -0.25) is 4.79 Å². The Hall–Kier alpha value is -3.12. The normalized spacial score (nSPS) is 16.2. The van der Waals surface area contributed by atoms with Crippen LogP contribution in [0.5, 0.6) is 0 Å². The Labute approximate surface area is 166 Å². The zero-order valence-electron chi connectivity index (χ0n) is 16.0. The number of nitriles is 1. The van der Waals surface area contributed by atoms with Crippen molar-refractivity contribution in [1.29, 1.82) is 5.26 Å². The zero-order chi connectivity index (χ0) is 19.3. The van der Waals surface area contributed by atoms with Gasteiger partial charge in [0.25, 0.3) is 0 Å². The van der Waals surface area contributed by atoms with Crippen LogP contribution in [0.1, 0.15) is 36.0 Å². The van der Waals surface area contributed by atoms with Gasteiger partial charge in [-0.1, -0.05) is 54.6 Å². The first kappa shape index (κ1) is 18.3. The van der Waals surface area contributed by atoms with E-state index in [-0.39, 0.29) is 5.91 Å². The van der Waals surface area contributed by atoms with Gasteiger partial charge in [-0.25, -0.2) is 0 Å². The van der Waals surface area contributed by atoms with E-state index in [1.165, 1.54) is 5.56 Å². The standard InChI is InChI=1S/C25H24N2O/c26-18-21-9-12-22-11-8-20(15-23(22)16-21)10-13-24-7-4-14-27(24)25(28)17-19-5-2-1-3-6-19/h1-3,5-6,8-9,11-12,15-16,24H,4,7,10,13-14,17H2/t24-/m1/s1. The fraction of sp³-hybridized carbons (Fsp3) is 0.280. The summed E-state index contributed by atoms with van der Waals surface area (Å²) >= 11 is 0. The lowest BCUT2D eigenvalue weighted by Crippen LogP contribution is -2.36. The molecule has 0 unspecified atom stereocenters. The molecule has 0 saturated carbocycles.